The van der Waals surface area contributed by atoms with Crippen LogP contribution in [0.2, 0.25) is 0 Å². The van der Waals surface area contributed by atoms with Gasteiger partial charge in [-0.05, 0) is 60.8 Å². The Morgan fingerprint density at radius 1 is 0.917 bits per heavy atom. The lowest BCUT2D eigenvalue weighted by atomic mass is 9.90. The lowest BCUT2D eigenvalue weighted by Gasteiger charge is -2.31. The first-order chi connectivity index (χ1) is 11.8. The van der Waals surface area contributed by atoms with Gasteiger partial charge in [0.25, 0.3) is 0 Å². The number of ether oxygens (including phenoxy) is 1. The van der Waals surface area contributed by atoms with Gasteiger partial charge in [0.1, 0.15) is 18.2 Å². The first-order valence-electron chi connectivity index (χ1n) is 8.74. The fourth-order valence-corrected chi connectivity index (χ4v) is 3.71. The number of nitrogens with zero attached hydrogens (tertiary/aromatic N) is 1. The smallest absolute Gasteiger partial charge is 0.127 e. The molecular formula is C21H22FNO. The molecule has 2 heterocycles. The maximum absolute atomic E-state index is 13.4. The molecule has 2 aromatic carbocycles. The van der Waals surface area contributed by atoms with Crippen molar-refractivity contribution < 1.29 is 9.13 Å². The Balaban J connectivity index is 1.76. The van der Waals surface area contributed by atoms with Gasteiger partial charge in [0.05, 0.1) is 0 Å². The molecule has 0 amide bonds. The summed E-state index contributed by atoms with van der Waals surface area (Å²) in [6.45, 7) is 3.85. The number of fused-ring (bicyclic) bond motifs is 1. The van der Waals surface area contributed by atoms with Crippen molar-refractivity contribution in [2.24, 2.45) is 0 Å². The predicted octanol–water partition coefficient (Wildman–Crippen LogP) is 4.51. The Kier molecular flexibility index (Phi) is 4.35. The van der Waals surface area contributed by atoms with Gasteiger partial charge < -0.3 is 4.74 Å². The second kappa shape index (κ2) is 6.78. The van der Waals surface area contributed by atoms with Crippen LogP contribution in [0.4, 0.5) is 4.39 Å². The summed E-state index contributed by atoms with van der Waals surface area (Å²) in [5, 5.41) is 0. The highest BCUT2D eigenvalue weighted by Crippen LogP contribution is 2.37. The number of piperidine rings is 1. The van der Waals surface area contributed by atoms with Crippen molar-refractivity contribution in [3.8, 4) is 5.75 Å². The van der Waals surface area contributed by atoms with Gasteiger partial charge in [-0.15, -0.1) is 0 Å². The van der Waals surface area contributed by atoms with Crippen LogP contribution < -0.4 is 4.74 Å². The highest BCUT2D eigenvalue weighted by atomic mass is 19.1. The van der Waals surface area contributed by atoms with Crippen LogP contribution in [-0.4, -0.2) is 31.1 Å². The molecule has 1 fully saturated rings. The van der Waals surface area contributed by atoms with Crippen molar-refractivity contribution in [2.45, 2.75) is 19.3 Å². The first kappa shape index (κ1) is 15.4. The van der Waals surface area contributed by atoms with Crippen molar-refractivity contribution in [2.75, 3.05) is 26.2 Å². The molecule has 2 aliphatic heterocycles. The molecule has 0 bridgehead atoms. The summed E-state index contributed by atoms with van der Waals surface area (Å²) in [6, 6.07) is 15.0. The van der Waals surface area contributed by atoms with Crippen molar-refractivity contribution >= 4 is 5.57 Å². The monoisotopic (exact) mass is 323 g/mol. The Hall–Kier alpha value is -2.13. The molecule has 2 nitrogen and oxygen atoms in total. The summed E-state index contributed by atoms with van der Waals surface area (Å²) in [7, 11) is 0. The number of benzene rings is 2. The van der Waals surface area contributed by atoms with Crippen molar-refractivity contribution in [3.63, 3.8) is 0 Å². The lowest BCUT2D eigenvalue weighted by Crippen LogP contribution is -2.33. The van der Waals surface area contributed by atoms with Gasteiger partial charge in [0.15, 0.2) is 0 Å². The summed E-state index contributed by atoms with van der Waals surface area (Å²) in [5.74, 6) is 0.719. The number of para-hydroxylation sites is 1. The molecule has 2 aliphatic rings. The number of rotatable bonds is 3. The Morgan fingerprint density at radius 3 is 2.46 bits per heavy atom. The molecule has 4 rings (SSSR count). The fourth-order valence-electron chi connectivity index (χ4n) is 3.71. The van der Waals surface area contributed by atoms with Crippen molar-refractivity contribution in [1.29, 1.82) is 0 Å². The van der Waals surface area contributed by atoms with E-state index in [1.165, 1.54) is 30.4 Å². The molecule has 0 unspecified atom stereocenters. The zero-order chi connectivity index (χ0) is 16.4. The van der Waals surface area contributed by atoms with Gasteiger partial charge >= 0.3 is 0 Å². The molecule has 24 heavy (non-hydrogen) atoms. The predicted molar refractivity (Wildman–Crippen MR) is 94.7 cm³/mol. The maximum atomic E-state index is 13.4. The molecule has 2 aromatic rings. The largest absolute Gasteiger partial charge is 0.489 e. The van der Waals surface area contributed by atoms with E-state index in [-0.39, 0.29) is 5.82 Å². The molecule has 1 saturated heterocycles. The standard InChI is InChI=1S/C21H22FNO/c22-18-10-8-16(9-11-18)21-17(14-23-12-4-1-5-13-23)15-24-20-7-3-2-6-19(20)21/h2-3,6-11H,1,4-5,12-15H2. The van der Waals surface area contributed by atoms with Crippen LogP contribution in [0.5, 0.6) is 5.75 Å². The molecule has 0 atom stereocenters. The summed E-state index contributed by atoms with van der Waals surface area (Å²) >= 11 is 0. The maximum Gasteiger partial charge on any atom is 0.127 e. The average Bonchev–Trinajstić information content (AvgIpc) is 2.63. The van der Waals surface area contributed by atoms with E-state index in [2.05, 4.69) is 11.0 Å². The zero-order valence-electron chi connectivity index (χ0n) is 13.8. The van der Waals surface area contributed by atoms with Crippen molar-refractivity contribution in [3.05, 3.63) is 71.0 Å². The van der Waals surface area contributed by atoms with E-state index in [4.69, 9.17) is 4.74 Å². The number of hydrogen-bond donors (Lipinski definition) is 0. The number of halogens is 1. The number of likely N-dealkylation sites (tertiary alicyclic amines) is 1. The highest BCUT2D eigenvalue weighted by Gasteiger charge is 2.23. The van der Waals surface area contributed by atoms with E-state index in [0.717, 1.165) is 36.5 Å². The average molecular weight is 323 g/mol. The minimum absolute atomic E-state index is 0.197. The minimum Gasteiger partial charge on any atom is -0.489 e. The van der Waals surface area contributed by atoms with E-state index in [1.807, 2.05) is 30.3 Å². The third kappa shape index (κ3) is 3.09. The van der Waals surface area contributed by atoms with Crippen LogP contribution in [0.3, 0.4) is 0 Å². The van der Waals surface area contributed by atoms with Crippen LogP contribution in [0.15, 0.2) is 54.1 Å². The molecule has 0 aliphatic carbocycles. The van der Waals surface area contributed by atoms with Gasteiger partial charge in [0, 0.05) is 12.1 Å². The Labute approximate surface area is 142 Å². The fraction of sp³-hybridized carbons (Fsp3) is 0.333. The molecule has 3 heteroatoms. The van der Waals surface area contributed by atoms with Gasteiger partial charge in [-0.25, -0.2) is 4.39 Å². The summed E-state index contributed by atoms with van der Waals surface area (Å²) in [5.41, 5.74) is 4.69. The third-order valence-corrected chi connectivity index (χ3v) is 4.91. The van der Waals surface area contributed by atoms with Crippen molar-refractivity contribution in [1.82, 2.24) is 4.90 Å². The first-order valence-corrected chi connectivity index (χ1v) is 8.74. The topological polar surface area (TPSA) is 12.5 Å². The van der Waals surface area contributed by atoms with E-state index in [9.17, 15) is 4.39 Å². The lowest BCUT2D eigenvalue weighted by molar-refractivity contribution is 0.234. The van der Waals surface area contributed by atoms with Crippen LogP contribution in [-0.2, 0) is 0 Å². The second-order valence-electron chi connectivity index (χ2n) is 6.61. The van der Waals surface area contributed by atoms with Crippen LogP contribution >= 0.6 is 0 Å². The van der Waals surface area contributed by atoms with Crippen LogP contribution in [0, 0.1) is 5.82 Å². The zero-order valence-corrected chi connectivity index (χ0v) is 13.8. The minimum atomic E-state index is -0.197. The highest BCUT2D eigenvalue weighted by molar-refractivity contribution is 5.86. The molecule has 0 radical (unpaired) electrons. The van der Waals surface area contributed by atoms with Gasteiger partial charge in [-0.1, -0.05) is 36.8 Å². The van der Waals surface area contributed by atoms with E-state index < -0.39 is 0 Å². The van der Waals surface area contributed by atoms with Gasteiger partial charge in [-0.3, -0.25) is 4.90 Å². The Morgan fingerprint density at radius 2 is 1.67 bits per heavy atom. The molecule has 0 aromatic heterocycles. The van der Waals surface area contributed by atoms with E-state index in [0.29, 0.717) is 6.61 Å². The second-order valence-corrected chi connectivity index (χ2v) is 6.61. The summed E-state index contributed by atoms with van der Waals surface area (Å²) in [4.78, 5) is 2.51. The number of hydrogen-bond acceptors (Lipinski definition) is 2. The normalized spacial score (nSPS) is 18.2. The quantitative estimate of drug-likeness (QED) is 0.824. The van der Waals surface area contributed by atoms with Gasteiger partial charge in [0.2, 0.25) is 0 Å². The molecule has 0 spiro atoms. The van der Waals surface area contributed by atoms with E-state index >= 15 is 0 Å². The van der Waals surface area contributed by atoms with Gasteiger partial charge in [-0.2, -0.15) is 0 Å². The SMILES string of the molecule is Fc1ccc(C2=C(CN3CCCCC3)COc3ccccc32)cc1. The van der Waals surface area contributed by atoms with Crippen LogP contribution in [0.1, 0.15) is 30.4 Å². The molecule has 0 saturated carbocycles. The summed E-state index contributed by atoms with van der Waals surface area (Å²) < 4.78 is 19.4. The van der Waals surface area contributed by atoms with E-state index in [1.54, 1.807) is 12.1 Å². The molecule has 0 N–H and O–H groups in total. The Bertz CT molecular complexity index is 745. The molecule has 124 valence electrons. The molecular weight excluding hydrogens is 301 g/mol. The third-order valence-electron chi connectivity index (χ3n) is 4.91. The van der Waals surface area contributed by atoms with Crippen LogP contribution in [0.25, 0.3) is 5.57 Å². The summed E-state index contributed by atoms with van der Waals surface area (Å²) in [6.07, 6.45) is 3.88.